The van der Waals surface area contributed by atoms with Gasteiger partial charge in [-0.15, -0.1) is 0 Å². The van der Waals surface area contributed by atoms with Gasteiger partial charge in [0.2, 0.25) is 0 Å². The van der Waals surface area contributed by atoms with Crippen LogP contribution in [0.3, 0.4) is 0 Å². The summed E-state index contributed by atoms with van der Waals surface area (Å²) in [6.07, 6.45) is 2.36. The number of nitrogens with zero attached hydrogens (tertiary/aromatic N) is 1. The van der Waals surface area contributed by atoms with E-state index < -0.39 is 0 Å². The molecule has 1 N–H and O–H groups in total. The van der Waals surface area contributed by atoms with E-state index in [1.54, 1.807) is 0 Å². The number of hydrogen-bond acceptors (Lipinski definition) is 2. The molecule has 1 atom stereocenters. The minimum Gasteiger partial charge on any atom is -0.395 e. The van der Waals surface area contributed by atoms with Crippen molar-refractivity contribution in [3.63, 3.8) is 0 Å². The van der Waals surface area contributed by atoms with E-state index in [-0.39, 0.29) is 0 Å². The van der Waals surface area contributed by atoms with Gasteiger partial charge in [-0.25, -0.2) is 0 Å². The quantitative estimate of drug-likeness (QED) is 0.864. The van der Waals surface area contributed by atoms with Crippen molar-refractivity contribution in [1.29, 1.82) is 0 Å². The van der Waals surface area contributed by atoms with E-state index in [1.807, 2.05) is 0 Å². The summed E-state index contributed by atoms with van der Waals surface area (Å²) in [6.45, 7) is 6.83. The first kappa shape index (κ1) is 12.6. The molecule has 0 aromatic heterocycles. The average Bonchev–Trinajstić information content (AvgIpc) is 2.77. The highest BCUT2D eigenvalue weighted by Gasteiger charge is 2.23. The molecule has 1 aromatic rings. The highest BCUT2D eigenvalue weighted by molar-refractivity contribution is 5.24. The first-order valence-electron chi connectivity index (χ1n) is 6.64. The first-order valence-corrected chi connectivity index (χ1v) is 6.64. The lowest BCUT2D eigenvalue weighted by atomic mass is 10.0. The van der Waals surface area contributed by atoms with Crippen molar-refractivity contribution in [2.75, 3.05) is 13.2 Å². The topological polar surface area (TPSA) is 23.5 Å². The molecule has 0 spiro atoms. The fourth-order valence-electron chi connectivity index (χ4n) is 2.55. The smallest absolute Gasteiger partial charge is 0.0587 e. The molecule has 1 heterocycles. The van der Waals surface area contributed by atoms with E-state index in [0.717, 1.165) is 19.5 Å². The fraction of sp³-hybridized carbons (Fsp3) is 0.600. The fourth-order valence-corrected chi connectivity index (χ4v) is 2.55. The zero-order chi connectivity index (χ0) is 12.3. The maximum absolute atomic E-state index is 9.29. The SMILES string of the molecule is CC(C)c1ccc(CN2CCC[C@@H]2CO)cc1. The molecule has 1 saturated heterocycles. The monoisotopic (exact) mass is 233 g/mol. The molecule has 1 aliphatic rings. The van der Waals surface area contributed by atoms with Gasteiger partial charge in [-0.1, -0.05) is 38.1 Å². The van der Waals surface area contributed by atoms with E-state index in [4.69, 9.17) is 0 Å². The van der Waals surface area contributed by atoms with Gasteiger partial charge >= 0.3 is 0 Å². The van der Waals surface area contributed by atoms with Crippen LogP contribution in [-0.2, 0) is 6.54 Å². The molecule has 1 aromatic carbocycles. The van der Waals surface area contributed by atoms with Crippen molar-refractivity contribution in [2.45, 2.75) is 45.2 Å². The van der Waals surface area contributed by atoms with Gasteiger partial charge < -0.3 is 5.11 Å². The molecule has 0 unspecified atom stereocenters. The summed E-state index contributed by atoms with van der Waals surface area (Å²) in [5, 5.41) is 9.29. The summed E-state index contributed by atoms with van der Waals surface area (Å²) >= 11 is 0. The van der Waals surface area contributed by atoms with E-state index in [1.165, 1.54) is 17.5 Å². The third-order valence-electron chi connectivity index (χ3n) is 3.74. The number of aliphatic hydroxyl groups is 1. The number of likely N-dealkylation sites (tertiary alicyclic amines) is 1. The van der Waals surface area contributed by atoms with Crippen molar-refractivity contribution in [2.24, 2.45) is 0 Å². The zero-order valence-corrected chi connectivity index (χ0v) is 10.9. The van der Waals surface area contributed by atoms with Crippen LogP contribution in [0.25, 0.3) is 0 Å². The molecular formula is C15H23NO. The maximum Gasteiger partial charge on any atom is 0.0587 e. The number of aliphatic hydroxyl groups excluding tert-OH is 1. The minimum atomic E-state index is 0.296. The Morgan fingerprint density at radius 1 is 1.29 bits per heavy atom. The van der Waals surface area contributed by atoms with Gasteiger partial charge in [0, 0.05) is 12.6 Å². The van der Waals surface area contributed by atoms with Gasteiger partial charge in [-0.05, 0) is 36.4 Å². The molecule has 2 nitrogen and oxygen atoms in total. The lowest BCUT2D eigenvalue weighted by Gasteiger charge is -2.22. The molecular weight excluding hydrogens is 210 g/mol. The second kappa shape index (κ2) is 5.65. The van der Waals surface area contributed by atoms with Crippen molar-refractivity contribution in [3.05, 3.63) is 35.4 Å². The van der Waals surface area contributed by atoms with Gasteiger partial charge in [-0.3, -0.25) is 4.90 Å². The van der Waals surface area contributed by atoms with Gasteiger partial charge in [0.05, 0.1) is 6.61 Å². The largest absolute Gasteiger partial charge is 0.395 e. The predicted octanol–water partition coefficient (Wildman–Crippen LogP) is 2.77. The number of benzene rings is 1. The van der Waals surface area contributed by atoms with E-state index in [0.29, 0.717) is 18.6 Å². The summed E-state index contributed by atoms with van der Waals surface area (Å²) in [4.78, 5) is 2.39. The predicted molar refractivity (Wildman–Crippen MR) is 71.0 cm³/mol. The van der Waals surface area contributed by atoms with Crippen molar-refractivity contribution < 1.29 is 5.11 Å². The normalized spacial score (nSPS) is 21.3. The molecule has 1 aliphatic heterocycles. The van der Waals surface area contributed by atoms with Crippen LogP contribution in [0.2, 0.25) is 0 Å². The van der Waals surface area contributed by atoms with E-state index in [9.17, 15) is 5.11 Å². The number of rotatable bonds is 4. The molecule has 17 heavy (non-hydrogen) atoms. The van der Waals surface area contributed by atoms with Crippen LogP contribution in [-0.4, -0.2) is 29.2 Å². The summed E-state index contributed by atoms with van der Waals surface area (Å²) in [5.74, 6) is 0.598. The van der Waals surface area contributed by atoms with Gasteiger partial charge in [-0.2, -0.15) is 0 Å². The van der Waals surface area contributed by atoms with Crippen LogP contribution in [0.1, 0.15) is 43.7 Å². The highest BCUT2D eigenvalue weighted by atomic mass is 16.3. The Balaban J connectivity index is 1.99. The number of hydrogen-bond donors (Lipinski definition) is 1. The summed E-state index contributed by atoms with van der Waals surface area (Å²) in [5.41, 5.74) is 2.75. The molecule has 2 rings (SSSR count). The summed E-state index contributed by atoms with van der Waals surface area (Å²) in [7, 11) is 0. The Kier molecular flexibility index (Phi) is 4.19. The molecule has 0 radical (unpaired) electrons. The second-order valence-corrected chi connectivity index (χ2v) is 5.35. The van der Waals surface area contributed by atoms with Crippen molar-refractivity contribution >= 4 is 0 Å². The minimum absolute atomic E-state index is 0.296. The molecule has 0 aliphatic carbocycles. The van der Waals surface area contributed by atoms with E-state index >= 15 is 0 Å². The van der Waals surface area contributed by atoms with E-state index in [2.05, 4.69) is 43.0 Å². The summed E-state index contributed by atoms with van der Waals surface area (Å²) in [6, 6.07) is 9.28. The lowest BCUT2D eigenvalue weighted by molar-refractivity contribution is 0.153. The third kappa shape index (κ3) is 3.08. The first-order chi connectivity index (χ1) is 8.20. The molecule has 0 bridgehead atoms. The maximum atomic E-state index is 9.29. The van der Waals surface area contributed by atoms with Crippen molar-refractivity contribution in [1.82, 2.24) is 4.90 Å². The Labute approximate surface area is 104 Å². The Morgan fingerprint density at radius 2 is 2.00 bits per heavy atom. The van der Waals surface area contributed by atoms with Gasteiger partial charge in [0.15, 0.2) is 0 Å². The lowest BCUT2D eigenvalue weighted by Crippen LogP contribution is -2.31. The zero-order valence-electron chi connectivity index (χ0n) is 10.9. The van der Waals surface area contributed by atoms with Gasteiger partial charge in [0.1, 0.15) is 0 Å². The third-order valence-corrected chi connectivity index (χ3v) is 3.74. The Hall–Kier alpha value is -0.860. The Bertz CT molecular complexity index is 344. The highest BCUT2D eigenvalue weighted by Crippen LogP contribution is 2.21. The van der Waals surface area contributed by atoms with Crippen LogP contribution in [0.4, 0.5) is 0 Å². The standard InChI is InChI=1S/C15H23NO/c1-12(2)14-7-5-13(6-8-14)10-16-9-3-4-15(16)11-17/h5-8,12,15,17H,3-4,9-11H2,1-2H3/t15-/m1/s1. The van der Waals surface area contributed by atoms with Crippen LogP contribution >= 0.6 is 0 Å². The Morgan fingerprint density at radius 3 is 2.59 bits per heavy atom. The van der Waals surface area contributed by atoms with Crippen LogP contribution in [0.5, 0.6) is 0 Å². The van der Waals surface area contributed by atoms with Crippen LogP contribution < -0.4 is 0 Å². The second-order valence-electron chi connectivity index (χ2n) is 5.35. The van der Waals surface area contributed by atoms with Crippen LogP contribution in [0.15, 0.2) is 24.3 Å². The van der Waals surface area contributed by atoms with Crippen LogP contribution in [0, 0.1) is 0 Å². The molecule has 94 valence electrons. The van der Waals surface area contributed by atoms with Gasteiger partial charge in [0.25, 0.3) is 0 Å². The average molecular weight is 233 g/mol. The van der Waals surface area contributed by atoms with Crippen molar-refractivity contribution in [3.8, 4) is 0 Å². The molecule has 2 heteroatoms. The molecule has 0 saturated carbocycles. The molecule has 1 fully saturated rings. The summed E-state index contributed by atoms with van der Waals surface area (Å²) < 4.78 is 0. The molecule has 0 amide bonds.